The third-order valence-corrected chi connectivity index (χ3v) is 4.66. The minimum Gasteiger partial charge on any atom is -0.431 e. The van der Waals surface area contributed by atoms with E-state index in [0.29, 0.717) is 5.75 Å². The average Bonchev–Trinajstić information content (AvgIpc) is 2.58. The molecule has 3 nitrogen and oxygen atoms in total. The van der Waals surface area contributed by atoms with Crippen LogP contribution in [0.1, 0.15) is 84.6 Å². The Balaban J connectivity index is 2.20. The summed E-state index contributed by atoms with van der Waals surface area (Å²) in [6.45, 7) is 8.15. The molecule has 0 amide bonds. The van der Waals surface area contributed by atoms with Gasteiger partial charge in [0, 0.05) is 0 Å². The predicted molar refractivity (Wildman–Crippen MR) is 104 cm³/mol. The van der Waals surface area contributed by atoms with Gasteiger partial charge in [-0.05, 0) is 43.4 Å². The maximum absolute atomic E-state index is 11.7. The Morgan fingerprint density at radius 2 is 1.44 bits per heavy atom. The first kappa shape index (κ1) is 21.5. The Morgan fingerprint density at radius 1 is 0.880 bits per heavy atom. The molecular formula is C22H36O3. The van der Waals surface area contributed by atoms with E-state index in [1.54, 1.807) is 0 Å². The summed E-state index contributed by atoms with van der Waals surface area (Å²) >= 11 is 0. The molecule has 0 radical (unpaired) electrons. The minimum atomic E-state index is -0.628. The van der Waals surface area contributed by atoms with Gasteiger partial charge in [-0.2, -0.15) is 0 Å². The highest BCUT2D eigenvalue weighted by Gasteiger charge is 2.14. The molecule has 0 saturated heterocycles. The van der Waals surface area contributed by atoms with Crippen molar-refractivity contribution in [3.63, 3.8) is 0 Å². The molecule has 0 fully saturated rings. The predicted octanol–water partition coefficient (Wildman–Crippen LogP) is 6.93. The number of unbranched alkanes of at least 4 members (excludes halogenated alkanes) is 7. The first-order valence-electron chi connectivity index (χ1n) is 10.00. The van der Waals surface area contributed by atoms with Crippen LogP contribution in [0.15, 0.2) is 24.3 Å². The molecule has 0 aliphatic heterocycles. The summed E-state index contributed by atoms with van der Waals surface area (Å²) in [6.07, 6.45) is 11.0. The number of carbonyl (C=O) groups is 1. The van der Waals surface area contributed by atoms with Crippen LogP contribution >= 0.6 is 0 Å². The summed E-state index contributed by atoms with van der Waals surface area (Å²) in [5.41, 5.74) is 1.29. The fourth-order valence-electron chi connectivity index (χ4n) is 2.60. The Hall–Kier alpha value is -1.51. The number of hydrogen-bond donors (Lipinski definition) is 0. The molecule has 1 unspecified atom stereocenters. The van der Waals surface area contributed by atoms with Crippen molar-refractivity contribution in [1.82, 2.24) is 0 Å². The highest BCUT2D eigenvalue weighted by molar-refractivity contribution is 5.64. The molecule has 0 aromatic heterocycles. The van der Waals surface area contributed by atoms with Gasteiger partial charge in [-0.25, -0.2) is 4.79 Å². The minimum absolute atomic E-state index is 0.145. The van der Waals surface area contributed by atoms with E-state index in [9.17, 15) is 4.79 Å². The first-order chi connectivity index (χ1) is 12.0. The number of benzene rings is 1. The van der Waals surface area contributed by atoms with E-state index in [0.717, 1.165) is 6.42 Å². The molecule has 1 aromatic carbocycles. The van der Waals surface area contributed by atoms with Gasteiger partial charge < -0.3 is 9.47 Å². The van der Waals surface area contributed by atoms with Gasteiger partial charge in [0.25, 0.3) is 0 Å². The second-order valence-electron chi connectivity index (χ2n) is 7.29. The number of ether oxygens (including phenoxy) is 2. The molecule has 1 aromatic rings. The molecule has 3 heteroatoms. The topological polar surface area (TPSA) is 35.5 Å². The van der Waals surface area contributed by atoms with Crippen LogP contribution in [-0.4, -0.2) is 12.3 Å². The zero-order valence-corrected chi connectivity index (χ0v) is 16.6. The van der Waals surface area contributed by atoms with Crippen molar-refractivity contribution in [3.8, 4) is 5.75 Å². The largest absolute Gasteiger partial charge is 0.514 e. The molecule has 25 heavy (non-hydrogen) atoms. The first-order valence-corrected chi connectivity index (χ1v) is 10.00. The standard InChI is InChI=1S/C22H36O3/c1-5-6-7-8-9-10-11-12-13-20-14-16-21(17-15-20)25-22(23)24-19(4)18(2)3/h14-19H,5-13H2,1-4H3. The monoisotopic (exact) mass is 348 g/mol. The molecule has 1 atom stereocenters. The van der Waals surface area contributed by atoms with Gasteiger partial charge >= 0.3 is 6.16 Å². The van der Waals surface area contributed by atoms with E-state index < -0.39 is 6.16 Å². The highest BCUT2D eigenvalue weighted by Crippen LogP contribution is 2.17. The van der Waals surface area contributed by atoms with Crippen LogP contribution in [0.3, 0.4) is 0 Å². The van der Waals surface area contributed by atoms with Crippen LogP contribution in [0, 0.1) is 5.92 Å². The zero-order chi connectivity index (χ0) is 18.5. The molecule has 0 spiro atoms. The molecule has 0 aliphatic rings. The molecule has 0 heterocycles. The fraction of sp³-hybridized carbons (Fsp3) is 0.682. The van der Waals surface area contributed by atoms with E-state index in [1.165, 1.54) is 56.9 Å². The third-order valence-electron chi connectivity index (χ3n) is 4.66. The molecular weight excluding hydrogens is 312 g/mol. The molecule has 0 saturated carbocycles. The second kappa shape index (κ2) is 12.8. The summed E-state index contributed by atoms with van der Waals surface area (Å²) in [4.78, 5) is 11.7. The quantitative estimate of drug-likeness (QED) is 0.233. The molecule has 1 rings (SSSR count). The number of rotatable bonds is 12. The average molecular weight is 349 g/mol. The molecule has 0 N–H and O–H groups in total. The van der Waals surface area contributed by atoms with Gasteiger partial charge in [-0.15, -0.1) is 0 Å². The van der Waals surface area contributed by atoms with E-state index >= 15 is 0 Å². The van der Waals surface area contributed by atoms with Crippen LogP contribution in [-0.2, 0) is 11.2 Å². The normalized spacial score (nSPS) is 12.2. The lowest BCUT2D eigenvalue weighted by Crippen LogP contribution is -2.22. The number of aryl methyl sites for hydroxylation is 1. The Kier molecular flexibility index (Phi) is 11.0. The van der Waals surface area contributed by atoms with Crippen molar-refractivity contribution < 1.29 is 14.3 Å². The van der Waals surface area contributed by atoms with Crippen LogP contribution < -0.4 is 4.74 Å². The van der Waals surface area contributed by atoms with Crippen molar-refractivity contribution in [2.45, 2.75) is 91.6 Å². The molecule has 0 bridgehead atoms. The van der Waals surface area contributed by atoms with E-state index in [2.05, 4.69) is 6.92 Å². The van der Waals surface area contributed by atoms with Crippen LogP contribution in [0.5, 0.6) is 5.75 Å². The third kappa shape index (κ3) is 10.2. The number of carbonyl (C=O) groups excluding carboxylic acids is 1. The zero-order valence-electron chi connectivity index (χ0n) is 16.6. The van der Waals surface area contributed by atoms with Crippen molar-refractivity contribution in [2.24, 2.45) is 5.92 Å². The van der Waals surface area contributed by atoms with E-state index in [4.69, 9.17) is 9.47 Å². The van der Waals surface area contributed by atoms with Gasteiger partial charge in [-0.1, -0.05) is 77.8 Å². The maximum atomic E-state index is 11.7. The van der Waals surface area contributed by atoms with Crippen molar-refractivity contribution in [3.05, 3.63) is 29.8 Å². The van der Waals surface area contributed by atoms with Crippen LogP contribution in [0.2, 0.25) is 0 Å². The Bertz CT molecular complexity index is 465. The van der Waals surface area contributed by atoms with Gasteiger partial charge in [0.15, 0.2) is 0 Å². The van der Waals surface area contributed by atoms with Crippen molar-refractivity contribution >= 4 is 6.16 Å². The highest BCUT2D eigenvalue weighted by atomic mass is 16.7. The SMILES string of the molecule is CCCCCCCCCCc1ccc(OC(=O)OC(C)C(C)C)cc1. The lowest BCUT2D eigenvalue weighted by Gasteiger charge is -2.16. The smallest absolute Gasteiger partial charge is 0.431 e. The van der Waals surface area contributed by atoms with Crippen molar-refractivity contribution in [1.29, 1.82) is 0 Å². The number of hydrogen-bond acceptors (Lipinski definition) is 3. The summed E-state index contributed by atoms with van der Waals surface area (Å²) in [5.74, 6) is 0.821. The van der Waals surface area contributed by atoms with Gasteiger partial charge in [0.05, 0.1) is 0 Å². The summed E-state index contributed by atoms with van der Waals surface area (Å²) in [6, 6.07) is 7.77. The van der Waals surface area contributed by atoms with Crippen molar-refractivity contribution in [2.75, 3.05) is 0 Å². The van der Waals surface area contributed by atoms with Gasteiger partial charge in [0.2, 0.25) is 0 Å². The lowest BCUT2D eigenvalue weighted by atomic mass is 10.0. The maximum Gasteiger partial charge on any atom is 0.514 e. The molecule has 0 aliphatic carbocycles. The van der Waals surface area contributed by atoms with Crippen LogP contribution in [0.4, 0.5) is 4.79 Å². The lowest BCUT2D eigenvalue weighted by molar-refractivity contribution is 0.0466. The van der Waals surface area contributed by atoms with Crippen LogP contribution in [0.25, 0.3) is 0 Å². The summed E-state index contributed by atoms with van der Waals surface area (Å²) in [7, 11) is 0. The van der Waals surface area contributed by atoms with E-state index in [-0.39, 0.29) is 12.0 Å². The molecule has 142 valence electrons. The van der Waals surface area contributed by atoms with Gasteiger partial charge in [0.1, 0.15) is 11.9 Å². The summed E-state index contributed by atoms with van der Waals surface area (Å²) in [5, 5.41) is 0. The summed E-state index contributed by atoms with van der Waals surface area (Å²) < 4.78 is 10.4. The Labute approximate surface area is 154 Å². The van der Waals surface area contributed by atoms with Gasteiger partial charge in [-0.3, -0.25) is 0 Å². The Morgan fingerprint density at radius 3 is 2.00 bits per heavy atom. The fourth-order valence-corrected chi connectivity index (χ4v) is 2.60. The second-order valence-corrected chi connectivity index (χ2v) is 7.29. The van der Waals surface area contributed by atoms with E-state index in [1.807, 2.05) is 45.0 Å².